The minimum atomic E-state index is -0.270. The summed E-state index contributed by atoms with van der Waals surface area (Å²) in [6.45, 7) is 2.12. The first kappa shape index (κ1) is 15.9. The molecule has 112 valence electrons. The zero-order chi connectivity index (χ0) is 15.2. The number of nitrogens with one attached hydrogen (secondary N) is 1. The standard InChI is InChI=1S/C17H20FNOS/c1-12(19-2)13-7-9-15(10-8-13)21-11-14-5-4-6-16(20-3)17(14)18/h4-10,12,19H,11H2,1-3H3. The molecule has 2 aromatic carbocycles. The van der Waals surface area contributed by atoms with Crippen molar-refractivity contribution in [2.45, 2.75) is 23.6 Å². The monoisotopic (exact) mass is 305 g/mol. The molecule has 0 amide bonds. The molecule has 1 atom stereocenters. The summed E-state index contributed by atoms with van der Waals surface area (Å²) in [6.07, 6.45) is 0. The molecule has 0 saturated carbocycles. The van der Waals surface area contributed by atoms with Crippen LogP contribution < -0.4 is 10.1 Å². The molecule has 0 aliphatic carbocycles. The van der Waals surface area contributed by atoms with Gasteiger partial charge in [0.05, 0.1) is 7.11 Å². The molecule has 2 nitrogen and oxygen atoms in total. The Hall–Kier alpha value is -1.52. The van der Waals surface area contributed by atoms with Gasteiger partial charge in [-0.1, -0.05) is 24.3 Å². The lowest BCUT2D eigenvalue weighted by Crippen LogP contribution is -2.11. The van der Waals surface area contributed by atoms with Crippen LogP contribution in [0.25, 0.3) is 0 Å². The van der Waals surface area contributed by atoms with Crippen molar-refractivity contribution in [1.29, 1.82) is 0 Å². The molecule has 0 aromatic heterocycles. The number of benzene rings is 2. The molecule has 0 saturated heterocycles. The van der Waals surface area contributed by atoms with Crippen LogP contribution in [0.3, 0.4) is 0 Å². The van der Waals surface area contributed by atoms with Crippen LogP contribution in [0, 0.1) is 5.82 Å². The number of halogens is 1. The molecule has 1 unspecified atom stereocenters. The maximum atomic E-state index is 14.0. The smallest absolute Gasteiger partial charge is 0.169 e. The first-order valence-corrected chi connectivity index (χ1v) is 7.85. The van der Waals surface area contributed by atoms with Crippen LogP contribution in [0.15, 0.2) is 47.4 Å². The van der Waals surface area contributed by atoms with Gasteiger partial charge in [0.1, 0.15) is 0 Å². The van der Waals surface area contributed by atoms with Crippen molar-refractivity contribution in [3.05, 3.63) is 59.4 Å². The Morgan fingerprint density at radius 2 is 1.90 bits per heavy atom. The fraction of sp³-hybridized carbons (Fsp3) is 0.294. The summed E-state index contributed by atoms with van der Waals surface area (Å²) in [4.78, 5) is 1.13. The van der Waals surface area contributed by atoms with Gasteiger partial charge in [-0.25, -0.2) is 4.39 Å². The molecule has 2 aromatic rings. The molecule has 0 fully saturated rings. The summed E-state index contributed by atoms with van der Waals surface area (Å²) < 4.78 is 19.0. The molecule has 0 aliphatic heterocycles. The number of ether oxygens (including phenoxy) is 1. The summed E-state index contributed by atoms with van der Waals surface area (Å²) in [5.74, 6) is 0.614. The van der Waals surface area contributed by atoms with Gasteiger partial charge in [-0.2, -0.15) is 0 Å². The van der Waals surface area contributed by atoms with E-state index in [1.807, 2.05) is 13.1 Å². The van der Waals surface area contributed by atoms with E-state index >= 15 is 0 Å². The maximum absolute atomic E-state index is 14.0. The highest BCUT2D eigenvalue weighted by molar-refractivity contribution is 7.98. The first-order valence-electron chi connectivity index (χ1n) is 6.87. The second-order valence-electron chi connectivity index (χ2n) is 4.80. The van der Waals surface area contributed by atoms with Gasteiger partial charge in [0.25, 0.3) is 0 Å². The van der Waals surface area contributed by atoms with Gasteiger partial charge in [-0.3, -0.25) is 0 Å². The van der Waals surface area contributed by atoms with Gasteiger partial charge >= 0.3 is 0 Å². The van der Waals surface area contributed by atoms with Gasteiger partial charge in [-0.15, -0.1) is 11.8 Å². The highest BCUT2D eigenvalue weighted by Gasteiger charge is 2.09. The van der Waals surface area contributed by atoms with Crippen molar-refractivity contribution in [3.63, 3.8) is 0 Å². The minimum Gasteiger partial charge on any atom is -0.494 e. The zero-order valence-electron chi connectivity index (χ0n) is 12.5. The van der Waals surface area contributed by atoms with Crippen molar-refractivity contribution >= 4 is 11.8 Å². The van der Waals surface area contributed by atoms with E-state index in [1.54, 1.807) is 23.9 Å². The molecule has 4 heteroatoms. The van der Waals surface area contributed by atoms with Crippen molar-refractivity contribution in [3.8, 4) is 5.75 Å². The normalized spacial score (nSPS) is 12.2. The third-order valence-corrected chi connectivity index (χ3v) is 4.53. The summed E-state index contributed by atoms with van der Waals surface area (Å²) >= 11 is 1.62. The van der Waals surface area contributed by atoms with E-state index in [9.17, 15) is 4.39 Å². The van der Waals surface area contributed by atoms with Crippen LogP contribution in [0.1, 0.15) is 24.1 Å². The Balaban J connectivity index is 2.03. The second kappa shape index (κ2) is 7.48. The average molecular weight is 305 g/mol. The molecule has 1 N–H and O–H groups in total. The number of methoxy groups -OCH3 is 1. The highest BCUT2D eigenvalue weighted by atomic mass is 32.2. The van der Waals surface area contributed by atoms with E-state index in [4.69, 9.17) is 4.74 Å². The Kier molecular flexibility index (Phi) is 5.65. The van der Waals surface area contributed by atoms with E-state index in [2.05, 4.69) is 36.5 Å². The van der Waals surface area contributed by atoms with Crippen molar-refractivity contribution in [2.24, 2.45) is 0 Å². The molecule has 2 rings (SSSR count). The lowest BCUT2D eigenvalue weighted by Gasteiger charge is -2.11. The van der Waals surface area contributed by atoms with E-state index in [-0.39, 0.29) is 5.82 Å². The first-order chi connectivity index (χ1) is 10.2. The Morgan fingerprint density at radius 3 is 2.52 bits per heavy atom. The Labute approximate surface area is 129 Å². The summed E-state index contributed by atoms with van der Waals surface area (Å²) in [7, 11) is 3.43. The SMILES string of the molecule is CNC(C)c1ccc(SCc2cccc(OC)c2F)cc1. The highest BCUT2D eigenvalue weighted by Crippen LogP contribution is 2.28. The number of hydrogen-bond donors (Lipinski definition) is 1. The zero-order valence-corrected chi connectivity index (χ0v) is 13.3. The lowest BCUT2D eigenvalue weighted by atomic mass is 10.1. The minimum absolute atomic E-state index is 0.270. The average Bonchev–Trinajstić information content (AvgIpc) is 2.53. The fourth-order valence-corrected chi connectivity index (χ4v) is 2.88. The molecular formula is C17H20FNOS. The number of hydrogen-bond acceptors (Lipinski definition) is 3. The van der Waals surface area contributed by atoms with Crippen LogP contribution in [-0.4, -0.2) is 14.2 Å². The van der Waals surface area contributed by atoms with Crippen molar-refractivity contribution in [2.75, 3.05) is 14.2 Å². The third-order valence-electron chi connectivity index (χ3n) is 3.47. The van der Waals surface area contributed by atoms with Gasteiger partial charge in [0, 0.05) is 22.3 Å². The van der Waals surface area contributed by atoms with Crippen molar-refractivity contribution < 1.29 is 9.13 Å². The van der Waals surface area contributed by atoms with Gasteiger partial charge in [-0.05, 0) is 37.7 Å². The predicted molar refractivity (Wildman–Crippen MR) is 86.4 cm³/mol. The molecule has 0 aliphatic rings. The van der Waals surface area contributed by atoms with Gasteiger partial charge in [0.15, 0.2) is 11.6 Å². The molecular weight excluding hydrogens is 285 g/mol. The Morgan fingerprint density at radius 1 is 1.19 bits per heavy atom. The molecule has 0 spiro atoms. The fourth-order valence-electron chi connectivity index (χ4n) is 2.01. The van der Waals surface area contributed by atoms with E-state index < -0.39 is 0 Å². The van der Waals surface area contributed by atoms with Crippen LogP contribution in [0.4, 0.5) is 4.39 Å². The molecule has 21 heavy (non-hydrogen) atoms. The second-order valence-corrected chi connectivity index (χ2v) is 5.85. The van der Waals surface area contributed by atoms with Crippen LogP contribution in [0.2, 0.25) is 0 Å². The third kappa shape index (κ3) is 3.99. The van der Waals surface area contributed by atoms with E-state index in [0.717, 1.165) is 4.90 Å². The van der Waals surface area contributed by atoms with Crippen molar-refractivity contribution in [1.82, 2.24) is 5.32 Å². The molecule has 0 radical (unpaired) electrons. The van der Waals surface area contributed by atoms with Gasteiger partial charge in [0.2, 0.25) is 0 Å². The van der Waals surface area contributed by atoms with Crippen LogP contribution >= 0.6 is 11.8 Å². The maximum Gasteiger partial charge on any atom is 0.169 e. The van der Waals surface area contributed by atoms with Crippen LogP contribution in [-0.2, 0) is 5.75 Å². The molecule has 0 bridgehead atoms. The Bertz CT molecular complexity index is 586. The lowest BCUT2D eigenvalue weighted by molar-refractivity contribution is 0.385. The van der Waals surface area contributed by atoms with E-state index in [1.165, 1.54) is 12.7 Å². The predicted octanol–water partition coefficient (Wildman–Crippen LogP) is 4.41. The quantitative estimate of drug-likeness (QED) is 0.799. The topological polar surface area (TPSA) is 21.3 Å². The van der Waals surface area contributed by atoms with Crippen LogP contribution in [0.5, 0.6) is 5.75 Å². The number of rotatable bonds is 6. The summed E-state index contributed by atoms with van der Waals surface area (Å²) in [6, 6.07) is 13.9. The molecule has 0 heterocycles. The summed E-state index contributed by atoms with van der Waals surface area (Å²) in [5.41, 5.74) is 1.90. The van der Waals surface area contributed by atoms with E-state index in [0.29, 0.717) is 23.1 Å². The van der Waals surface area contributed by atoms with Gasteiger partial charge < -0.3 is 10.1 Å². The summed E-state index contributed by atoms with van der Waals surface area (Å²) in [5, 5.41) is 3.21. The number of thioether (sulfide) groups is 1. The largest absolute Gasteiger partial charge is 0.494 e.